The Morgan fingerprint density at radius 2 is 2.00 bits per heavy atom. The number of benzene rings is 1. The molecular weight excluding hydrogens is 186 g/mol. The Morgan fingerprint density at radius 1 is 1.27 bits per heavy atom. The third-order valence-electron chi connectivity index (χ3n) is 2.80. The van der Waals surface area contributed by atoms with Gasteiger partial charge in [-0.25, -0.2) is 0 Å². The van der Waals surface area contributed by atoms with Crippen LogP contribution in [0, 0.1) is 0 Å². The minimum absolute atomic E-state index is 0.147. The Morgan fingerprint density at radius 3 is 2.73 bits per heavy atom. The molecule has 2 nitrogen and oxygen atoms in total. The lowest BCUT2D eigenvalue weighted by Gasteiger charge is -2.16. The van der Waals surface area contributed by atoms with Gasteiger partial charge in [-0.15, -0.1) is 0 Å². The van der Waals surface area contributed by atoms with Gasteiger partial charge < -0.3 is 5.32 Å². The van der Waals surface area contributed by atoms with Crippen LogP contribution >= 0.6 is 0 Å². The van der Waals surface area contributed by atoms with Crippen molar-refractivity contribution in [3.63, 3.8) is 0 Å². The molecule has 0 aliphatic heterocycles. The van der Waals surface area contributed by atoms with E-state index >= 15 is 0 Å². The number of hydrogen-bond acceptors (Lipinski definition) is 1. The van der Waals surface area contributed by atoms with Crippen LogP contribution in [0.3, 0.4) is 0 Å². The molecule has 0 saturated heterocycles. The Kier molecular flexibility index (Phi) is 2.86. The number of carbonyl (C=O) groups is 1. The summed E-state index contributed by atoms with van der Waals surface area (Å²) in [4.78, 5) is 11.1. The van der Waals surface area contributed by atoms with E-state index in [0.29, 0.717) is 0 Å². The van der Waals surface area contributed by atoms with Gasteiger partial charge in [0.25, 0.3) is 0 Å². The second kappa shape index (κ2) is 4.30. The molecule has 1 amide bonds. The van der Waals surface area contributed by atoms with E-state index in [1.807, 2.05) is 6.07 Å². The number of aryl methyl sites for hydroxylation is 2. The summed E-state index contributed by atoms with van der Waals surface area (Å²) >= 11 is 0. The van der Waals surface area contributed by atoms with Crippen LogP contribution in [-0.2, 0) is 17.6 Å². The van der Waals surface area contributed by atoms with Gasteiger partial charge in [-0.3, -0.25) is 4.79 Å². The first-order chi connectivity index (χ1) is 7.29. The molecule has 15 heavy (non-hydrogen) atoms. The zero-order chi connectivity index (χ0) is 10.7. The smallest absolute Gasteiger partial charge is 0.247 e. The van der Waals surface area contributed by atoms with Crippen LogP contribution in [0.15, 0.2) is 30.9 Å². The first kappa shape index (κ1) is 9.97. The molecule has 2 rings (SSSR count). The highest BCUT2D eigenvalue weighted by Crippen LogP contribution is 2.24. The molecule has 0 fully saturated rings. The number of hydrogen-bond donors (Lipinski definition) is 1. The van der Waals surface area contributed by atoms with Crippen LogP contribution < -0.4 is 5.32 Å². The molecule has 1 aliphatic rings. The molecule has 0 radical (unpaired) electrons. The lowest BCUT2D eigenvalue weighted by Crippen LogP contribution is -2.09. The normalized spacial score (nSPS) is 14.1. The van der Waals surface area contributed by atoms with Gasteiger partial charge in [0.05, 0.1) is 0 Å². The summed E-state index contributed by atoms with van der Waals surface area (Å²) < 4.78 is 0. The van der Waals surface area contributed by atoms with E-state index in [1.54, 1.807) is 0 Å². The zero-order valence-corrected chi connectivity index (χ0v) is 8.75. The molecule has 0 saturated carbocycles. The summed E-state index contributed by atoms with van der Waals surface area (Å²) in [6, 6.07) is 6.16. The zero-order valence-electron chi connectivity index (χ0n) is 8.75. The van der Waals surface area contributed by atoms with Gasteiger partial charge in [-0.05, 0) is 55.0 Å². The molecule has 0 aromatic heterocycles. The van der Waals surface area contributed by atoms with Crippen molar-refractivity contribution in [2.45, 2.75) is 25.7 Å². The van der Waals surface area contributed by atoms with Crippen LogP contribution in [0.1, 0.15) is 24.0 Å². The van der Waals surface area contributed by atoms with E-state index in [9.17, 15) is 4.79 Å². The van der Waals surface area contributed by atoms with Gasteiger partial charge in [0.15, 0.2) is 0 Å². The fourth-order valence-electron chi connectivity index (χ4n) is 2.00. The van der Waals surface area contributed by atoms with Gasteiger partial charge in [-0.1, -0.05) is 12.6 Å². The quantitative estimate of drug-likeness (QED) is 0.732. The predicted molar refractivity (Wildman–Crippen MR) is 61.9 cm³/mol. The van der Waals surface area contributed by atoms with Crippen molar-refractivity contribution in [1.82, 2.24) is 0 Å². The van der Waals surface area contributed by atoms with Crippen molar-refractivity contribution >= 4 is 11.6 Å². The summed E-state index contributed by atoms with van der Waals surface area (Å²) in [5, 5.41) is 2.78. The Balaban J connectivity index is 2.20. The van der Waals surface area contributed by atoms with E-state index in [4.69, 9.17) is 0 Å². The monoisotopic (exact) mass is 201 g/mol. The molecule has 0 bridgehead atoms. The standard InChI is InChI=1S/C13H15NO/c1-2-13(15)14-12-8-7-10-5-3-4-6-11(10)9-12/h2,7-9H,1,3-6H2,(H,14,15). The number of anilines is 1. The summed E-state index contributed by atoms with van der Waals surface area (Å²) in [5.74, 6) is -0.147. The van der Waals surface area contributed by atoms with Crippen molar-refractivity contribution in [3.8, 4) is 0 Å². The van der Waals surface area contributed by atoms with Gasteiger partial charge in [0.2, 0.25) is 5.91 Å². The third-order valence-corrected chi connectivity index (χ3v) is 2.80. The number of nitrogens with one attached hydrogen (secondary N) is 1. The lowest BCUT2D eigenvalue weighted by molar-refractivity contribution is -0.111. The van der Waals surface area contributed by atoms with Crippen molar-refractivity contribution in [3.05, 3.63) is 42.0 Å². The number of rotatable bonds is 2. The molecule has 0 heterocycles. The minimum Gasteiger partial charge on any atom is -0.323 e. The molecule has 0 spiro atoms. The molecule has 1 aliphatic carbocycles. The molecule has 78 valence electrons. The Bertz CT molecular complexity index is 396. The van der Waals surface area contributed by atoms with E-state index in [1.165, 1.54) is 36.5 Å². The van der Waals surface area contributed by atoms with E-state index < -0.39 is 0 Å². The number of amides is 1. The van der Waals surface area contributed by atoms with Crippen LogP contribution in [0.5, 0.6) is 0 Å². The molecular formula is C13H15NO. The molecule has 1 aromatic rings. The highest BCUT2D eigenvalue weighted by molar-refractivity contribution is 5.98. The minimum atomic E-state index is -0.147. The third kappa shape index (κ3) is 2.27. The molecule has 0 unspecified atom stereocenters. The average molecular weight is 201 g/mol. The molecule has 2 heteroatoms. The average Bonchev–Trinajstić information content (AvgIpc) is 2.29. The first-order valence-corrected chi connectivity index (χ1v) is 5.35. The maximum atomic E-state index is 11.1. The number of carbonyl (C=O) groups excluding carboxylic acids is 1. The van der Waals surface area contributed by atoms with Crippen molar-refractivity contribution < 1.29 is 4.79 Å². The second-order valence-corrected chi connectivity index (χ2v) is 3.88. The Hall–Kier alpha value is -1.57. The van der Waals surface area contributed by atoms with Gasteiger partial charge >= 0.3 is 0 Å². The highest BCUT2D eigenvalue weighted by Gasteiger charge is 2.09. The maximum Gasteiger partial charge on any atom is 0.247 e. The fourth-order valence-corrected chi connectivity index (χ4v) is 2.00. The van der Waals surface area contributed by atoms with Gasteiger partial charge in [0, 0.05) is 5.69 Å². The SMILES string of the molecule is C=CC(=O)Nc1ccc2c(c1)CCCC2. The summed E-state index contributed by atoms with van der Waals surface area (Å²) in [5.41, 5.74) is 3.68. The summed E-state index contributed by atoms with van der Waals surface area (Å²) in [6.07, 6.45) is 6.13. The maximum absolute atomic E-state index is 11.1. The topological polar surface area (TPSA) is 29.1 Å². The molecule has 1 aromatic carbocycles. The van der Waals surface area contributed by atoms with Gasteiger partial charge in [0.1, 0.15) is 0 Å². The molecule has 0 atom stereocenters. The van der Waals surface area contributed by atoms with Crippen LogP contribution in [-0.4, -0.2) is 5.91 Å². The summed E-state index contributed by atoms with van der Waals surface area (Å²) in [7, 11) is 0. The Labute approximate surface area is 90.0 Å². The predicted octanol–water partition coefficient (Wildman–Crippen LogP) is 2.69. The van der Waals surface area contributed by atoms with Crippen molar-refractivity contribution in [1.29, 1.82) is 0 Å². The van der Waals surface area contributed by atoms with Crippen molar-refractivity contribution in [2.75, 3.05) is 5.32 Å². The van der Waals surface area contributed by atoms with Crippen LogP contribution in [0.2, 0.25) is 0 Å². The van der Waals surface area contributed by atoms with Gasteiger partial charge in [-0.2, -0.15) is 0 Å². The number of fused-ring (bicyclic) bond motifs is 1. The van der Waals surface area contributed by atoms with E-state index in [2.05, 4.69) is 24.0 Å². The van der Waals surface area contributed by atoms with E-state index in [-0.39, 0.29) is 5.91 Å². The first-order valence-electron chi connectivity index (χ1n) is 5.35. The van der Waals surface area contributed by atoms with Crippen molar-refractivity contribution in [2.24, 2.45) is 0 Å². The van der Waals surface area contributed by atoms with Crippen LogP contribution in [0.25, 0.3) is 0 Å². The highest BCUT2D eigenvalue weighted by atomic mass is 16.1. The largest absolute Gasteiger partial charge is 0.323 e. The second-order valence-electron chi connectivity index (χ2n) is 3.88. The summed E-state index contributed by atoms with van der Waals surface area (Å²) in [6.45, 7) is 3.43. The molecule has 1 N–H and O–H groups in total. The fraction of sp³-hybridized carbons (Fsp3) is 0.308. The van der Waals surface area contributed by atoms with Crippen LogP contribution in [0.4, 0.5) is 5.69 Å². The lowest BCUT2D eigenvalue weighted by atomic mass is 9.91. The van der Waals surface area contributed by atoms with E-state index in [0.717, 1.165) is 12.1 Å².